The van der Waals surface area contributed by atoms with Crippen LogP contribution in [0.2, 0.25) is 0 Å². The van der Waals surface area contributed by atoms with Gasteiger partial charge in [0, 0.05) is 44.9 Å². The molecule has 0 radical (unpaired) electrons. The van der Waals surface area contributed by atoms with Crippen molar-refractivity contribution in [3.63, 3.8) is 0 Å². The molecule has 4 rings (SSSR count). The third kappa shape index (κ3) is 3.89. The number of aromatic nitrogens is 1. The van der Waals surface area contributed by atoms with Crippen LogP contribution in [0.4, 0.5) is 4.39 Å². The molecule has 28 heavy (non-hydrogen) atoms. The van der Waals surface area contributed by atoms with E-state index in [-0.39, 0.29) is 12.4 Å². The molecule has 3 nitrogen and oxygen atoms in total. The number of nitrogens with zero attached hydrogens (tertiary/aromatic N) is 2. The minimum absolute atomic E-state index is 0.238. The van der Waals surface area contributed by atoms with Crippen LogP contribution < -0.4 is 0 Å². The maximum atomic E-state index is 14.0. The van der Waals surface area contributed by atoms with Gasteiger partial charge < -0.3 is 5.41 Å². The molecule has 5 heteroatoms. The molecule has 2 aromatic heterocycles. The first-order valence-corrected chi connectivity index (χ1v) is 9.82. The Morgan fingerprint density at radius 2 is 1.79 bits per heavy atom. The van der Waals surface area contributed by atoms with Crippen LogP contribution in [0, 0.1) is 11.2 Å². The molecule has 2 heterocycles. The molecule has 0 aliphatic heterocycles. The zero-order valence-corrected chi connectivity index (χ0v) is 15.9. The number of fused-ring (bicyclic) bond motifs is 1. The van der Waals surface area contributed by atoms with Crippen molar-refractivity contribution in [3.8, 4) is 0 Å². The first-order valence-electron chi connectivity index (χ1n) is 8.94. The van der Waals surface area contributed by atoms with E-state index in [9.17, 15) is 4.39 Å². The highest BCUT2D eigenvalue weighted by Crippen LogP contribution is 2.27. The minimum atomic E-state index is -0.263. The van der Waals surface area contributed by atoms with Gasteiger partial charge in [-0.15, -0.1) is 11.3 Å². The lowest BCUT2D eigenvalue weighted by molar-refractivity contribution is 0.611. The quantitative estimate of drug-likeness (QED) is 0.413. The molecule has 0 aliphatic rings. The molecular formula is C23H18FN3S. The van der Waals surface area contributed by atoms with Crippen molar-refractivity contribution in [2.75, 3.05) is 0 Å². The van der Waals surface area contributed by atoms with E-state index in [4.69, 9.17) is 10.4 Å². The standard InChI is InChI=1S/C23H18FN3S/c24-19-9-3-1-7-16(19)14-27-22(13-20(25)21-10-5-6-12-26-21)18-15-28-23-11-4-2-8-17(18)23/h1-12,15,25H,13-14H2. The summed E-state index contributed by atoms with van der Waals surface area (Å²) in [5, 5.41) is 11.7. The van der Waals surface area contributed by atoms with Gasteiger partial charge in [0.05, 0.1) is 18.0 Å². The molecule has 0 unspecified atom stereocenters. The highest BCUT2D eigenvalue weighted by molar-refractivity contribution is 7.17. The van der Waals surface area contributed by atoms with Crippen LogP contribution in [-0.2, 0) is 6.54 Å². The highest BCUT2D eigenvalue weighted by Gasteiger charge is 2.14. The van der Waals surface area contributed by atoms with Crippen molar-refractivity contribution in [2.45, 2.75) is 13.0 Å². The molecule has 0 aliphatic carbocycles. The summed E-state index contributed by atoms with van der Waals surface area (Å²) >= 11 is 1.65. The van der Waals surface area contributed by atoms with Crippen molar-refractivity contribution < 1.29 is 4.39 Å². The number of pyridine rings is 1. The van der Waals surface area contributed by atoms with Crippen LogP contribution in [0.3, 0.4) is 0 Å². The van der Waals surface area contributed by atoms with E-state index in [1.165, 1.54) is 10.8 Å². The number of halogens is 1. The molecule has 138 valence electrons. The van der Waals surface area contributed by atoms with Crippen molar-refractivity contribution >= 4 is 32.8 Å². The number of thiophene rings is 1. The molecule has 4 aromatic rings. The lowest BCUT2D eigenvalue weighted by atomic mass is 10.0. The normalized spacial score (nSPS) is 11.7. The zero-order valence-electron chi connectivity index (χ0n) is 15.1. The average Bonchev–Trinajstić information content (AvgIpc) is 3.17. The number of nitrogens with one attached hydrogen (secondary N) is 1. The van der Waals surface area contributed by atoms with Crippen molar-refractivity contribution in [1.82, 2.24) is 4.98 Å². The summed E-state index contributed by atoms with van der Waals surface area (Å²) in [6, 6.07) is 20.3. The molecule has 0 bridgehead atoms. The fourth-order valence-corrected chi connectivity index (χ4v) is 4.01. The highest BCUT2D eigenvalue weighted by atomic mass is 32.1. The van der Waals surface area contributed by atoms with Gasteiger partial charge in [0.15, 0.2) is 0 Å². The lowest BCUT2D eigenvalue weighted by Crippen LogP contribution is -2.11. The Morgan fingerprint density at radius 1 is 1.00 bits per heavy atom. The maximum Gasteiger partial charge on any atom is 0.128 e. The average molecular weight is 387 g/mol. The van der Waals surface area contributed by atoms with Crippen LogP contribution >= 0.6 is 11.3 Å². The fourth-order valence-electron chi connectivity index (χ4n) is 3.04. The molecule has 0 saturated carbocycles. The first kappa shape index (κ1) is 18.2. The molecule has 2 aromatic carbocycles. The van der Waals surface area contributed by atoms with Gasteiger partial charge in [0.1, 0.15) is 5.82 Å². The van der Waals surface area contributed by atoms with E-state index in [1.54, 1.807) is 29.7 Å². The molecule has 0 saturated heterocycles. The van der Waals surface area contributed by atoms with Crippen LogP contribution in [0.25, 0.3) is 10.1 Å². The molecular weight excluding hydrogens is 369 g/mol. The van der Waals surface area contributed by atoms with Gasteiger partial charge in [0.25, 0.3) is 0 Å². The van der Waals surface area contributed by atoms with Crippen LogP contribution in [0.15, 0.2) is 83.3 Å². The summed E-state index contributed by atoms with van der Waals surface area (Å²) in [4.78, 5) is 9.00. The SMILES string of the molecule is N=C(CC(=NCc1ccccc1F)c1csc2ccccc12)c1ccccn1. The number of aliphatic imine (C=N–C) groups is 1. The van der Waals surface area contributed by atoms with E-state index in [2.05, 4.69) is 22.5 Å². The van der Waals surface area contributed by atoms with E-state index in [0.29, 0.717) is 23.4 Å². The molecule has 0 fully saturated rings. The second-order valence-corrected chi connectivity index (χ2v) is 7.28. The molecule has 0 atom stereocenters. The third-order valence-corrected chi connectivity index (χ3v) is 5.47. The maximum absolute atomic E-state index is 14.0. The monoisotopic (exact) mass is 387 g/mol. The number of rotatable bonds is 6. The van der Waals surface area contributed by atoms with E-state index < -0.39 is 0 Å². The topological polar surface area (TPSA) is 49.1 Å². The van der Waals surface area contributed by atoms with Gasteiger partial charge in [-0.25, -0.2) is 4.39 Å². The summed E-state index contributed by atoms with van der Waals surface area (Å²) in [7, 11) is 0. The number of benzene rings is 2. The predicted octanol–water partition coefficient (Wildman–Crippen LogP) is 5.88. The Balaban J connectivity index is 1.71. The zero-order chi connectivity index (χ0) is 19.3. The molecule has 1 N–H and O–H groups in total. The predicted molar refractivity (Wildman–Crippen MR) is 114 cm³/mol. The second-order valence-electron chi connectivity index (χ2n) is 6.37. The summed E-state index contributed by atoms with van der Waals surface area (Å²) in [5.41, 5.74) is 3.33. The van der Waals surface area contributed by atoms with Gasteiger partial charge in [-0.05, 0) is 24.3 Å². The van der Waals surface area contributed by atoms with Gasteiger partial charge in [-0.3, -0.25) is 9.98 Å². The van der Waals surface area contributed by atoms with E-state index in [1.807, 2.05) is 36.4 Å². The second kappa shape index (κ2) is 8.23. The summed E-state index contributed by atoms with van der Waals surface area (Å²) < 4.78 is 15.2. The van der Waals surface area contributed by atoms with E-state index in [0.717, 1.165) is 16.7 Å². The fraction of sp³-hybridized carbons (Fsp3) is 0.0870. The largest absolute Gasteiger partial charge is 0.303 e. The Labute approximate surface area is 166 Å². The molecule has 0 amide bonds. The van der Waals surface area contributed by atoms with Crippen molar-refractivity contribution in [2.24, 2.45) is 4.99 Å². The number of hydrogen-bond donors (Lipinski definition) is 1. The Hall–Kier alpha value is -3.18. The van der Waals surface area contributed by atoms with Crippen LogP contribution in [0.1, 0.15) is 23.2 Å². The smallest absolute Gasteiger partial charge is 0.128 e. The Bertz CT molecular complexity index is 1150. The minimum Gasteiger partial charge on any atom is -0.303 e. The van der Waals surface area contributed by atoms with Gasteiger partial charge in [0.2, 0.25) is 0 Å². The Kier molecular flexibility index (Phi) is 5.35. The third-order valence-electron chi connectivity index (χ3n) is 4.51. The van der Waals surface area contributed by atoms with E-state index >= 15 is 0 Å². The van der Waals surface area contributed by atoms with Gasteiger partial charge >= 0.3 is 0 Å². The van der Waals surface area contributed by atoms with Gasteiger partial charge in [-0.2, -0.15) is 0 Å². The van der Waals surface area contributed by atoms with Crippen LogP contribution in [0.5, 0.6) is 0 Å². The first-order chi connectivity index (χ1) is 13.7. The molecule has 0 spiro atoms. The Morgan fingerprint density at radius 3 is 2.61 bits per heavy atom. The van der Waals surface area contributed by atoms with Crippen molar-refractivity contribution in [3.05, 3.63) is 101 Å². The van der Waals surface area contributed by atoms with Crippen molar-refractivity contribution in [1.29, 1.82) is 5.41 Å². The summed E-state index contributed by atoms with van der Waals surface area (Å²) in [5.74, 6) is -0.263. The lowest BCUT2D eigenvalue weighted by Gasteiger charge is -2.09. The van der Waals surface area contributed by atoms with Gasteiger partial charge in [-0.1, -0.05) is 42.5 Å². The summed E-state index contributed by atoms with van der Waals surface area (Å²) in [6.07, 6.45) is 2.02. The number of hydrogen-bond acceptors (Lipinski definition) is 4. The summed E-state index contributed by atoms with van der Waals surface area (Å²) in [6.45, 7) is 0.238. The van der Waals surface area contributed by atoms with Crippen LogP contribution in [-0.4, -0.2) is 16.4 Å².